The van der Waals surface area contributed by atoms with Crippen LogP contribution >= 0.6 is 0 Å². The lowest BCUT2D eigenvalue weighted by molar-refractivity contribution is -0.135. The molecule has 1 aromatic carbocycles. The molecule has 4 nitrogen and oxygen atoms in total. The van der Waals surface area contributed by atoms with Crippen molar-refractivity contribution in [1.82, 2.24) is 5.32 Å². The van der Waals surface area contributed by atoms with Gasteiger partial charge in [0.15, 0.2) is 6.04 Å². The Bertz CT molecular complexity index is 439. The summed E-state index contributed by atoms with van der Waals surface area (Å²) < 4.78 is 4.41. The molecule has 1 N–H and O–H groups in total. The number of carbonyl (C=O) groups is 2. The number of alkyl carbamates (subject to hydrolysis) is 1. The van der Waals surface area contributed by atoms with Crippen LogP contribution in [0.15, 0.2) is 18.2 Å². The van der Waals surface area contributed by atoms with Crippen LogP contribution in [-0.2, 0) is 9.53 Å². The van der Waals surface area contributed by atoms with Crippen LogP contribution in [0.25, 0.3) is 0 Å². The van der Waals surface area contributed by atoms with E-state index in [4.69, 9.17) is 0 Å². The van der Waals surface area contributed by atoms with E-state index < -0.39 is 18.1 Å². The predicted octanol–water partition coefficient (Wildman–Crippen LogP) is 1.61. The summed E-state index contributed by atoms with van der Waals surface area (Å²) in [5.74, 6) is -0.539. The maximum absolute atomic E-state index is 11.3. The first-order valence-corrected chi connectivity index (χ1v) is 4.67. The molecule has 2 rings (SSSR count). The molecule has 1 unspecified atom stereocenters. The normalized spacial score (nSPS) is 20.0. The summed E-state index contributed by atoms with van der Waals surface area (Å²) in [5.41, 5.74) is 2.99. The van der Waals surface area contributed by atoms with Gasteiger partial charge in [-0.1, -0.05) is 18.2 Å². The molecule has 1 aliphatic heterocycles. The standard InChI is InChI=1S/C11H11NO3/c1-6-3-4-8(5-7(6)2)9-10(13)15-11(14)12-9/h3-5,9H,1-2H3,(H,12,14). The average molecular weight is 205 g/mol. The zero-order valence-corrected chi connectivity index (χ0v) is 8.53. The topological polar surface area (TPSA) is 55.4 Å². The molecule has 4 heteroatoms. The van der Waals surface area contributed by atoms with Gasteiger partial charge in [0.2, 0.25) is 0 Å². The quantitative estimate of drug-likeness (QED) is 0.559. The third kappa shape index (κ3) is 1.70. The number of cyclic esters (lactones) is 2. The van der Waals surface area contributed by atoms with Crippen molar-refractivity contribution in [2.45, 2.75) is 19.9 Å². The number of rotatable bonds is 1. The summed E-state index contributed by atoms with van der Waals surface area (Å²) in [6.07, 6.45) is -0.678. The van der Waals surface area contributed by atoms with Gasteiger partial charge in [0.05, 0.1) is 0 Å². The zero-order valence-electron chi connectivity index (χ0n) is 8.53. The van der Waals surface area contributed by atoms with Crippen molar-refractivity contribution >= 4 is 12.1 Å². The fraction of sp³-hybridized carbons (Fsp3) is 0.273. The van der Waals surface area contributed by atoms with Crippen molar-refractivity contribution in [2.75, 3.05) is 0 Å². The maximum Gasteiger partial charge on any atom is 0.415 e. The third-order valence-electron chi connectivity index (χ3n) is 2.56. The van der Waals surface area contributed by atoms with Gasteiger partial charge in [0.25, 0.3) is 0 Å². The molecule has 1 amide bonds. The van der Waals surface area contributed by atoms with Gasteiger partial charge in [-0.15, -0.1) is 0 Å². The molecule has 1 atom stereocenters. The molecule has 78 valence electrons. The van der Waals surface area contributed by atoms with Gasteiger partial charge in [-0.3, -0.25) is 0 Å². The molecular formula is C11H11NO3. The lowest BCUT2D eigenvalue weighted by atomic mass is 10.0. The molecule has 1 heterocycles. The van der Waals surface area contributed by atoms with E-state index >= 15 is 0 Å². The first kappa shape index (κ1) is 9.71. The average Bonchev–Trinajstić information content (AvgIpc) is 2.50. The second kappa shape index (κ2) is 3.38. The van der Waals surface area contributed by atoms with Gasteiger partial charge in [0, 0.05) is 0 Å². The van der Waals surface area contributed by atoms with Gasteiger partial charge in [-0.2, -0.15) is 0 Å². The van der Waals surface area contributed by atoms with Crippen molar-refractivity contribution in [1.29, 1.82) is 0 Å². The molecule has 0 aromatic heterocycles. The zero-order chi connectivity index (χ0) is 11.0. The number of aryl methyl sites for hydroxylation is 2. The fourth-order valence-corrected chi connectivity index (χ4v) is 1.52. The Kier molecular flexibility index (Phi) is 2.19. The second-order valence-corrected chi connectivity index (χ2v) is 3.63. The minimum absolute atomic E-state index is 0.539. The Morgan fingerprint density at radius 1 is 1.20 bits per heavy atom. The van der Waals surface area contributed by atoms with Crippen LogP contribution in [0, 0.1) is 13.8 Å². The molecule has 0 radical (unpaired) electrons. The van der Waals surface area contributed by atoms with E-state index in [-0.39, 0.29) is 0 Å². The number of carbonyl (C=O) groups excluding carboxylic acids is 2. The number of amides is 1. The lowest BCUT2D eigenvalue weighted by Gasteiger charge is -2.08. The molecule has 0 saturated carbocycles. The van der Waals surface area contributed by atoms with Gasteiger partial charge < -0.3 is 10.1 Å². The van der Waals surface area contributed by atoms with Crippen LogP contribution in [0.3, 0.4) is 0 Å². The summed E-state index contributed by atoms with van der Waals surface area (Å²) >= 11 is 0. The second-order valence-electron chi connectivity index (χ2n) is 3.63. The number of esters is 1. The number of hydrogen-bond acceptors (Lipinski definition) is 3. The molecule has 1 saturated heterocycles. The molecular weight excluding hydrogens is 194 g/mol. The molecule has 0 bridgehead atoms. The third-order valence-corrected chi connectivity index (χ3v) is 2.56. The summed E-state index contributed by atoms with van der Waals surface area (Å²) in [6, 6.07) is 4.96. The summed E-state index contributed by atoms with van der Waals surface area (Å²) in [4.78, 5) is 22.1. The van der Waals surface area contributed by atoms with Crippen molar-refractivity contribution in [2.24, 2.45) is 0 Å². The van der Waals surface area contributed by atoms with Gasteiger partial charge >= 0.3 is 12.1 Å². The van der Waals surface area contributed by atoms with E-state index in [1.54, 1.807) is 0 Å². The first-order chi connectivity index (χ1) is 7.08. The number of hydrogen-bond donors (Lipinski definition) is 1. The minimum Gasteiger partial charge on any atom is -0.374 e. The summed E-state index contributed by atoms with van der Waals surface area (Å²) in [6.45, 7) is 3.95. The highest BCUT2D eigenvalue weighted by Gasteiger charge is 2.33. The Hall–Kier alpha value is -1.84. The summed E-state index contributed by atoms with van der Waals surface area (Å²) in [5, 5.41) is 2.46. The van der Waals surface area contributed by atoms with Gasteiger partial charge in [0.1, 0.15) is 0 Å². The highest BCUT2D eigenvalue weighted by atomic mass is 16.6. The summed E-state index contributed by atoms with van der Waals surface area (Å²) in [7, 11) is 0. The monoisotopic (exact) mass is 205 g/mol. The molecule has 0 aliphatic carbocycles. The lowest BCUT2D eigenvalue weighted by Crippen LogP contribution is -2.20. The van der Waals surface area contributed by atoms with Crippen molar-refractivity contribution in [3.63, 3.8) is 0 Å². The Balaban J connectivity index is 2.34. The van der Waals surface area contributed by atoms with E-state index in [9.17, 15) is 9.59 Å². The number of benzene rings is 1. The highest BCUT2D eigenvalue weighted by molar-refractivity contribution is 5.96. The van der Waals surface area contributed by atoms with Crippen molar-refractivity contribution in [3.8, 4) is 0 Å². The molecule has 1 fully saturated rings. The van der Waals surface area contributed by atoms with Crippen LogP contribution in [0.4, 0.5) is 4.79 Å². The van der Waals surface area contributed by atoms with Crippen LogP contribution in [-0.4, -0.2) is 12.1 Å². The van der Waals surface area contributed by atoms with Crippen LogP contribution in [0.1, 0.15) is 22.7 Å². The van der Waals surface area contributed by atoms with E-state index in [2.05, 4.69) is 10.1 Å². The van der Waals surface area contributed by atoms with Gasteiger partial charge in [-0.05, 0) is 30.5 Å². The van der Waals surface area contributed by atoms with E-state index in [1.807, 2.05) is 32.0 Å². The van der Waals surface area contributed by atoms with E-state index in [1.165, 1.54) is 0 Å². The molecule has 1 aliphatic rings. The van der Waals surface area contributed by atoms with E-state index in [0.29, 0.717) is 0 Å². The van der Waals surface area contributed by atoms with Crippen LogP contribution in [0.2, 0.25) is 0 Å². The Morgan fingerprint density at radius 2 is 1.93 bits per heavy atom. The molecule has 15 heavy (non-hydrogen) atoms. The van der Waals surface area contributed by atoms with Crippen molar-refractivity contribution in [3.05, 3.63) is 34.9 Å². The van der Waals surface area contributed by atoms with Crippen LogP contribution < -0.4 is 5.32 Å². The maximum atomic E-state index is 11.3. The highest BCUT2D eigenvalue weighted by Crippen LogP contribution is 2.21. The van der Waals surface area contributed by atoms with Gasteiger partial charge in [-0.25, -0.2) is 9.59 Å². The first-order valence-electron chi connectivity index (χ1n) is 4.67. The minimum atomic E-state index is -0.678. The molecule has 0 spiro atoms. The predicted molar refractivity (Wildman–Crippen MR) is 53.3 cm³/mol. The molecule has 1 aromatic rings. The number of ether oxygens (including phenoxy) is 1. The smallest absolute Gasteiger partial charge is 0.374 e. The van der Waals surface area contributed by atoms with Crippen molar-refractivity contribution < 1.29 is 14.3 Å². The number of nitrogens with one attached hydrogen (secondary N) is 1. The van der Waals surface area contributed by atoms with Crippen LogP contribution in [0.5, 0.6) is 0 Å². The van der Waals surface area contributed by atoms with E-state index in [0.717, 1.165) is 16.7 Å². The SMILES string of the molecule is Cc1ccc(C2NC(=O)OC2=O)cc1C. The fourth-order valence-electron chi connectivity index (χ4n) is 1.52. The Labute approximate surface area is 87.2 Å². The Morgan fingerprint density at radius 3 is 2.47 bits per heavy atom. The largest absolute Gasteiger partial charge is 0.415 e.